The van der Waals surface area contributed by atoms with Crippen LogP contribution in [0, 0.1) is 5.41 Å². The molecule has 0 bridgehead atoms. The summed E-state index contributed by atoms with van der Waals surface area (Å²) in [6.45, 7) is 1.81. The third kappa shape index (κ3) is 4.10. The molecule has 0 aliphatic heterocycles. The summed E-state index contributed by atoms with van der Waals surface area (Å²) in [4.78, 5) is 21.1. The first-order valence-electron chi connectivity index (χ1n) is 3.43. The third-order valence-corrected chi connectivity index (χ3v) is 3.12. The summed E-state index contributed by atoms with van der Waals surface area (Å²) in [7, 11) is -4.95. The molecule has 0 saturated carbocycles. The molecule has 16 heavy (non-hydrogen) atoms. The number of carboxylic acid groups (broad SMARTS) is 2. The molecule has 10 heteroatoms. The van der Waals surface area contributed by atoms with E-state index in [1.165, 1.54) is 0 Å². The van der Waals surface area contributed by atoms with Crippen LogP contribution in [0.25, 0.3) is 0 Å². The van der Waals surface area contributed by atoms with Crippen molar-refractivity contribution in [3.8, 4) is 0 Å². The predicted molar refractivity (Wildman–Crippen MR) is 54.4 cm³/mol. The second kappa shape index (κ2) is 5.75. The topological polar surface area (TPSA) is 199 Å². The van der Waals surface area contributed by atoms with Crippen LogP contribution in [0.15, 0.2) is 0 Å². The molecule has 0 aromatic carbocycles. The van der Waals surface area contributed by atoms with Crippen LogP contribution in [-0.2, 0) is 19.7 Å². The molecule has 0 aromatic rings. The average molecular weight is 260 g/mol. The van der Waals surface area contributed by atoms with Crippen LogP contribution < -0.4 is 12.3 Å². The van der Waals surface area contributed by atoms with Crippen LogP contribution in [0.5, 0.6) is 0 Å². The summed E-state index contributed by atoms with van der Waals surface area (Å²) in [5.41, 5.74) is -2.10. The van der Waals surface area contributed by atoms with E-state index < -0.39 is 32.7 Å². The highest BCUT2D eigenvalue weighted by Crippen LogP contribution is 2.26. The summed E-state index contributed by atoms with van der Waals surface area (Å²) in [6.07, 6.45) is 0. The van der Waals surface area contributed by atoms with E-state index in [1.807, 2.05) is 0 Å². The quantitative estimate of drug-likeness (QED) is 0.423. The Kier molecular flexibility index (Phi) is 7.26. The van der Waals surface area contributed by atoms with E-state index in [0.717, 1.165) is 13.8 Å². The average Bonchev–Trinajstić information content (AvgIpc) is 1.79. The Balaban J connectivity index is -0.000000845. The summed E-state index contributed by atoms with van der Waals surface area (Å²) >= 11 is 0. The molecular weight excluding hydrogens is 244 g/mol. The molecule has 0 aromatic heterocycles. The molecule has 0 heterocycles. The third-order valence-electron chi connectivity index (χ3n) is 1.73. The standard InChI is InChI=1S/C6H10O7S.2H3N/c1-6(2,5(9)10)3(4(7)8)14(11,12)13;;/h3H,1-2H3,(H,7,8)(H,9,10)(H,11,12,13);2*1H3. The normalized spacial score (nSPS) is 12.9. The molecule has 9 N–H and O–H groups in total. The van der Waals surface area contributed by atoms with Crippen LogP contribution in [0.1, 0.15) is 13.8 Å². The largest absolute Gasteiger partial charge is 0.481 e. The lowest BCUT2D eigenvalue weighted by molar-refractivity contribution is -0.153. The number of aliphatic carboxylic acids is 2. The molecule has 98 valence electrons. The first kappa shape index (κ1) is 20.2. The van der Waals surface area contributed by atoms with Crippen LogP contribution in [0.3, 0.4) is 0 Å². The summed E-state index contributed by atoms with van der Waals surface area (Å²) in [5.74, 6) is -3.53. The van der Waals surface area contributed by atoms with Gasteiger partial charge in [0.1, 0.15) is 0 Å². The molecular formula is C6H16N2O7S. The number of hydrogen-bond acceptors (Lipinski definition) is 6. The molecule has 1 unspecified atom stereocenters. The molecule has 1 atom stereocenters. The molecule has 0 spiro atoms. The monoisotopic (exact) mass is 260 g/mol. The minimum absolute atomic E-state index is 0. The van der Waals surface area contributed by atoms with E-state index in [4.69, 9.17) is 14.8 Å². The van der Waals surface area contributed by atoms with Crippen molar-refractivity contribution in [3.05, 3.63) is 0 Å². The number of carboxylic acids is 2. The Labute approximate surface area is 92.4 Å². The number of carbonyl (C=O) groups is 2. The Morgan fingerprint density at radius 2 is 1.44 bits per heavy atom. The van der Waals surface area contributed by atoms with E-state index in [0.29, 0.717) is 0 Å². The van der Waals surface area contributed by atoms with E-state index in [9.17, 15) is 18.0 Å². The highest BCUT2D eigenvalue weighted by atomic mass is 32.2. The van der Waals surface area contributed by atoms with E-state index in [2.05, 4.69) is 0 Å². The lowest BCUT2D eigenvalue weighted by Crippen LogP contribution is -2.47. The summed E-state index contributed by atoms with van der Waals surface area (Å²) in [5, 5.41) is 14.7. The van der Waals surface area contributed by atoms with Gasteiger partial charge in [-0.15, -0.1) is 0 Å². The molecule has 9 nitrogen and oxygen atoms in total. The second-order valence-corrected chi connectivity index (χ2v) is 4.76. The van der Waals surface area contributed by atoms with E-state index in [1.54, 1.807) is 0 Å². The summed E-state index contributed by atoms with van der Waals surface area (Å²) < 4.78 is 29.8. The Bertz CT molecular complexity index is 361. The van der Waals surface area contributed by atoms with Crippen molar-refractivity contribution in [1.82, 2.24) is 12.3 Å². The smallest absolute Gasteiger partial charge is 0.325 e. The maximum Gasteiger partial charge on any atom is 0.325 e. The van der Waals surface area contributed by atoms with Crippen molar-refractivity contribution >= 4 is 22.1 Å². The van der Waals surface area contributed by atoms with Crippen LogP contribution >= 0.6 is 0 Å². The lowest BCUT2D eigenvalue weighted by atomic mass is 9.89. The van der Waals surface area contributed by atoms with E-state index >= 15 is 0 Å². The van der Waals surface area contributed by atoms with Gasteiger partial charge in [-0.05, 0) is 13.8 Å². The second-order valence-electron chi connectivity index (χ2n) is 3.26. The molecule has 0 amide bonds. The predicted octanol–water partition coefficient (Wildman–Crippen LogP) is -0.238. The van der Waals surface area contributed by atoms with Crippen molar-refractivity contribution in [3.63, 3.8) is 0 Å². The fraction of sp³-hybridized carbons (Fsp3) is 0.667. The van der Waals surface area contributed by atoms with Gasteiger partial charge in [-0.25, -0.2) is 0 Å². The van der Waals surface area contributed by atoms with Gasteiger partial charge in [-0.3, -0.25) is 14.1 Å². The Morgan fingerprint density at radius 1 is 1.12 bits per heavy atom. The zero-order chi connectivity index (χ0) is 11.7. The van der Waals surface area contributed by atoms with Crippen LogP contribution in [0.4, 0.5) is 0 Å². The Hall–Kier alpha value is -1.23. The van der Waals surface area contributed by atoms with Crippen molar-refractivity contribution in [2.24, 2.45) is 5.41 Å². The lowest BCUT2D eigenvalue weighted by Gasteiger charge is -2.23. The molecule has 0 aliphatic rings. The highest BCUT2D eigenvalue weighted by molar-refractivity contribution is 7.87. The maximum atomic E-state index is 10.6. The van der Waals surface area contributed by atoms with Gasteiger partial charge in [0.05, 0.1) is 5.41 Å². The zero-order valence-corrected chi connectivity index (χ0v) is 9.69. The van der Waals surface area contributed by atoms with Gasteiger partial charge in [0, 0.05) is 0 Å². The molecule has 0 rings (SSSR count). The van der Waals surface area contributed by atoms with Crippen LogP contribution in [-0.4, -0.2) is 40.4 Å². The minimum Gasteiger partial charge on any atom is -0.481 e. The van der Waals surface area contributed by atoms with Crippen molar-refractivity contribution in [1.29, 1.82) is 0 Å². The van der Waals surface area contributed by atoms with Crippen LogP contribution in [0.2, 0.25) is 0 Å². The number of rotatable bonds is 4. The van der Waals surface area contributed by atoms with Gasteiger partial charge in [0.15, 0.2) is 5.25 Å². The first-order valence-corrected chi connectivity index (χ1v) is 4.94. The highest BCUT2D eigenvalue weighted by Gasteiger charge is 2.49. The van der Waals surface area contributed by atoms with Gasteiger partial charge < -0.3 is 22.5 Å². The summed E-state index contributed by atoms with van der Waals surface area (Å²) in [6, 6.07) is 0. The fourth-order valence-corrected chi connectivity index (χ4v) is 2.02. The molecule has 0 radical (unpaired) electrons. The van der Waals surface area contributed by atoms with Gasteiger partial charge in [-0.2, -0.15) is 8.42 Å². The maximum absolute atomic E-state index is 10.6. The number of hydrogen-bond donors (Lipinski definition) is 5. The van der Waals surface area contributed by atoms with Gasteiger partial charge in [0.2, 0.25) is 0 Å². The molecule has 0 fully saturated rings. The van der Waals surface area contributed by atoms with Gasteiger partial charge in [0.25, 0.3) is 10.1 Å². The van der Waals surface area contributed by atoms with Crippen molar-refractivity contribution < 1.29 is 32.8 Å². The van der Waals surface area contributed by atoms with Gasteiger partial charge in [-0.1, -0.05) is 0 Å². The van der Waals surface area contributed by atoms with E-state index in [-0.39, 0.29) is 12.3 Å². The molecule has 0 aliphatic carbocycles. The SMILES string of the molecule is CC(C)(C(=O)O)C(C(=O)O)S(=O)(=O)O.N.N. The zero-order valence-electron chi connectivity index (χ0n) is 8.87. The molecule has 0 saturated heterocycles. The van der Waals surface area contributed by atoms with Gasteiger partial charge >= 0.3 is 11.9 Å². The van der Waals surface area contributed by atoms with Crippen molar-refractivity contribution in [2.45, 2.75) is 19.1 Å². The Morgan fingerprint density at radius 3 is 1.50 bits per heavy atom. The minimum atomic E-state index is -4.95. The van der Waals surface area contributed by atoms with Crippen molar-refractivity contribution in [2.75, 3.05) is 0 Å². The first-order chi connectivity index (χ1) is 6.01. The fourth-order valence-electron chi connectivity index (χ4n) is 0.921.